The van der Waals surface area contributed by atoms with Crippen molar-refractivity contribution in [3.8, 4) is 0 Å². The van der Waals surface area contributed by atoms with Gasteiger partial charge >= 0.3 is 0 Å². The van der Waals surface area contributed by atoms with Crippen molar-refractivity contribution in [3.63, 3.8) is 0 Å². The standard InChI is InChI=1S/C21H23ClN4O/c22-20-9-8-18(15-25-20)10-12-23-21(24-13-11-19-7-4-14-27-19)26-16-17-5-2-1-3-6-17/h1-9,14-15H,10-13,16H2,(H2,23,24,26). The third-order valence-corrected chi connectivity index (χ3v) is 4.22. The van der Waals surface area contributed by atoms with Crippen LogP contribution in [0.1, 0.15) is 16.9 Å². The molecular formula is C21H23ClN4O. The van der Waals surface area contributed by atoms with Gasteiger partial charge in [-0.3, -0.25) is 0 Å². The second-order valence-corrected chi connectivity index (χ2v) is 6.46. The highest BCUT2D eigenvalue weighted by Gasteiger charge is 2.02. The second-order valence-electron chi connectivity index (χ2n) is 6.07. The fourth-order valence-corrected chi connectivity index (χ4v) is 2.68. The molecule has 5 nitrogen and oxygen atoms in total. The number of nitrogens with zero attached hydrogens (tertiary/aromatic N) is 2. The first-order chi connectivity index (χ1) is 13.3. The van der Waals surface area contributed by atoms with Crippen LogP contribution in [0.15, 0.2) is 76.5 Å². The molecule has 2 heterocycles. The lowest BCUT2D eigenvalue weighted by atomic mass is 10.2. The van der Waals surface area contributed by atoms with Crippen LogP contribution >= 0.6 is 11.6 Å². The number of rotatable bonds is 8. The zero-order chi connectivity index (χ0) is 18.7. The largest absolute Gasteiger partial charge is 0.469 e. The van der Waals surface area contributed by atoms with Crippen LogP contribution < -0.4 is 10.6 Å². The Kier molecular flexibility index (Phi) is 7.30. The van der Waals surface area contributed by atoms with Crippen molar-refractivity contribution < 1.29 is 4.42 Å². The monoisotopic (exact) mass is 382 g/mol. The summed E-state index contributed by atoms with van der Waals surface area (Å²) in [5.41, 5.74) is 2.30. The smallest absolute Gasteiger partial charge is 0.191 e. The third kappa shape index (κ3) is 6.79. The van der Waals surface area contributed by atoms with Gasteiger partial charge < -0.3 is 15.1 Å². The molecule has 0 saturated carbocycles. The molecule has 2 N–H and O–H groups in total. The summed E-state index contributed by atoms with van der Waals surface area (Å²) >= 11 is 5.83. The Balaban J connectivity index is 1.53. The highest BCUT2D eigenvalue weighted by Crippen LogP contribution is 2.05. The van der Waals surface area contributed by atoms with Crippen molar-refractivity contribution >= 4 is 17.6 Å². The van der Waals surface area contributed by atoms with Crippen molar-refractivity contribution in [1.29, 1.82) is 0 Å². The molecule has 0 aliphatic rings. The number of benzene rings is 1. The highest BCUT2D eigenvalue weighted by atomic mass is 35.5. The number of guanidine groups is 1. The number of aromatic nitrogens is 1. The van der Waals surface area contributed by atoms with Crippen molar-refractivity contribution in [3.05, 3.63) is 89.1 Å². The minimum Gasteiger partial charge on any atom is -0.469 e. The molecule has 0 unspecified atom stereocenters. The van der Waals surface area contributed by atoms with E-state index in [1.807, 2.05) is 42.5 Å². The highest BCUT2D eigenvalue weighted by molar-refractivity contribution is 6.29. The van der Waals surface area contributed by atoms with Gasteiger partial charge in [0.2, 0.25) is 0 Å². The maximum absolute atomic E-state index is 5.83. The van der Waals surface area contributed by atoms with E-state index in [2.05, 4.69) is 32.7 Å². The van der Waals surface area contributed by atoms with Crippen LogP contribution in [0, 0.1) is 0 Å². The number of pyridine rings is 1. The van der Waals surface area contributed by atoms with Gasteiger partial charge in [-0.15, -0.1) is 0 Å². The van der Waals surface area contributed by atoms with Gasteiger partial charge in [0.1, 0.15) is 10.9 Å². The Bertz CT molecular complexity index is 817. The fraction of sp³-hybridized carbons (Fsp3) is 0.238. The molecule has 3 rings (SSSR count). The Morgan fingerprint density at radius 2 is 1.74 bits per heavy atom. The average molecular weight is 383 g/mol. The van der Waals surface area contributed by atoms with Crippen LogP contribution in [-0.2, 0) is 19.4 Å². The molecule has 0 spiro atoms. The van der Waals surface area contributed by atoms with Crippen molar-refractivity contribution in [2.24, 2.45) is 4.99 Å². The summed E-state index contributed by atoms with van der Waals surface area (Å²) in [4.78, 5) is 8.80. The molecule has 1 aromatic carbocycles. The summed E-state index contributed by atoms with van der Waals surface area (Å²) in [6.45, 7) is 2.13. The number of hydrogen-bond donors (Lipinski definition) is 2. The molecule has 0 aliphatic heterocycles. The summed E-state index contributed by atoms with van der Waals surface area (Å²) in [7, 11) is 0. The summed E-state index contributed by atoms with van der Waals surface area (Å²) in [6, 6.07) is 17.9. The fourth-order valence-electron chi connectivity index (χ4n) is 2.57. The molecule has 0 saturated heterocycles. The van der Waals surface area contributed by atoms with Crippen LogP contribution in [-0.4, -0.2) is 24.0 Å². The van der Waals surface area contributed by atoms with E-state index in [0.29, 0.717) is 11.7 Å². The van der Waals surface area contributed by atoms with Crippen molar-refractivity contribution in [2.45, 2.75) is 19.4 Å². The van der Waals surface area contributed by atoms with Crippen LogP contribution in [0.4, 0.5) is 0 Å². The quantitative estimate of drug-likeness (QED) is 0.353. The van der Waals surface area contributed by atoms with Gasteiger partial charge in [0, 0.05) is 25.7 Å². The molecule has 0 aliphatic carbocycles. The molecule has 0 radical (unpaired) electrons. The van der Waals surface area contributed by atoms with E-state index in [1.165, 1.54) is 5.56 Å². The van der Waals surface area contributed by atoms with E-state index in [1.54, 1.807) is 12.5 Å². The van der Waals surface area contributed by atoms with Crippen LogP contribution in [0.25, 0.3) is 0 Å². The minimum absolute atomic E-state index is 0.511. The lowest BCUT2D eigenvalue weighted by Crippen LogP contribution is -2.39. The summed E-state index contributed by atoms with van der Waals surface area (Å²) < 4.78 is 5.38. The second kappa shape index (κ2) is 10.4. The number of aliphatic imine (C=N–C) groups is 1. The van der Waals surface area contributed by atoms with E-state index in [9.17, 15) is 0 Å². The van der Waals surface area contributed by atoms with Crippen molar-refractivity contribution in [1.82, 2.24) is 15.6 Å². The molecule has 6 heteroatoms. The SMILES string of the molecule is Clc1ccc(CCNC(=NCc2ccccc2)NCCc2ccco2)cn1. The van der Waals surface area contributed by atoms with E-state index >= 15 is 0 Å². The first-order valence-electron chi connectivity index (χ1n) is 8.98. The lowest BCUT2D eigenvalue weighted by molar-refractivity contribution is 0.506. The minimum atomic E-state index is 0.511. The zero-order valence-electron chi connectivity index (χ0n) is 15.1. The summed E-state index contributed by atoms with van der Waals surface area (Å²) in [6.07, 6.45) is 5.14. The van der Waals surface area contributed by atoms with Gasteiger partial charge in [0.25, 0.3) is 0 Å². The number of nitrogens with one attached hydrogen (secondary N) is 2. The molecule has 0 bridgehead atoms. The summed E-state index contributed by atoms with van der Waals surface area (Å²) in [5.74, 6) is 1.74. The molecule has 0 atom stereocenters. The van der Waals surface area contributed by atoms with Gasteiger partial charge in [-0.05, 0) is 35.7 Å². The van der Waals surface area contributed by atoms with E-state index in [0.717, 1.165) is 43.2 Å². The van der Waals surface area contributed by atoms with Gasteiger partial charge in [0.15, 0.2) is 5.96 Å². The molecular weight excluding hydrogens is 360 g/mol. The molecule has 140 valence electrons. The Hall–Kier alpha value is -2.79. The Morgan fingerprint density at radius 3 is 2.44 bits per heavy atom. The summed E-state index contributed by atoms with van der Waals surface area (Å²) in [5, 5.41) is 7.26. The van der Waals surface area contributed by atoms with Crippen LogP contribution in [0.3, 0.4) is 0 Å². The predicted molar refractivity (Wildman–Crippen MR) is 109 cm³/mol. The number of furan rings is 1. The van der Waals surface area contributed by atoms with Gasteiger partial charge in [0.05, 0.1) is 12.8 Å². The van der Waals surface area contributed by atoms with E-state index in [-0.39, 0.29) is 0 Å². The molecule has 0 amide bonds. The topological polar surface area (TPSA) is 62.5 Å². The lowest BCUT2D eigenvalue weighted by Gasteiger charge is -2.12. The Morgan fingerprint density at radius 1 is 0.926 bits per heavy atom. The molecule has 27 heavy (non-hydrogen) atoms. The van der Waals surface area contributed by atoms with Gasteiger partial charge in [-0.2, -0.15) is 0 Å². The van der Waals surface area contributed by atoms with Gasteiger partial charge in [-0.1, -0.05) is 48.0 Å². The molecule has 0 fully saturated rings. The maximum atomic E-state index is 5.83. The third-order valence-electron chi connectivity index (χ3n) is 4.00. The van der Waals surface area contributed by atoms with Crippen LogP contribution in [0.5, 0.6) is 0 Å². The van der Waals surface area contributed by atoms with E-state index in [4.69, 9.17) is 16.0 Å². The maximum Gasteiger partial charge on any atom is 0.191 e. The van der Waals surface area contributed by atoms with Crippen LogP contribution in [0.2, 0.25) is 5.15 Å². The molecule has 3 aromatic rings. The normalized spacial score (nSPS) is 11.4. The van der Waals surface area contributed by atoms with Gasteiger partial charge in [-0.25, -0.2) is 9.98 Å². The number of hydrogen-bond acceptors (Lipinski definition) is 3. The van der Waals surface area contributed by atoms with E-state index < -0.39 is 0 Å². The molecule has 2 aromatic heterocycles. The first-order valence-corrected chi connectivity index (χ1v) is 9.36. The first kappa shape index (κ1) is 19.0. The zero-order valence-corrected chi connectivity index (χ0v) is 15.8. The Labute approximate surface area is 164 Å². The predicted octanol–water partition coefficient (Wildman–Crippen LogP) is 3.85. The number of halogens is 1. The average Bonchev–Trinajstić information content (AvgIpc) is 3.21. The van der Waals surface area contributed by atoms with Crippen molar-refractivity contribution in [2.75, 3.05) is 13.1 Å².